The third-order valence-electron chi connectivity index (χ3n) is 1.83. The van der Waals surface area contributed by atoms with Crippen LogP contribution in [0, 0.1) is 0 Å². The zero-order valence-electron chi connectivity index (χ0n) is 7.12. The molecule has 1 N–H and O–H groups in total. The topological polar surface area (TPSA) is 57.6 Å². The van der Waals surface area contributed by atoms with E-state index < -0.39 is 6.10 Å². The Kier molecular flexibility index (Phi) is 2.81. The summed E-state index contributed by atoms with van der Waals surface area (Å²) in [5.74, 6) is -0.320. The van der Waals surface area contributed by atoms with E-state index in [9.17, 15) is 9.59 Å². The fraction of sp³-hybridized carbons (Fsp3) is 0.750. The van der Waals surface area contributed by atoms with Gasteiger partial charge in [0.25, 0.3) is 0 Å². The van der Waals surface area contributed by atoms with Crippen LogP contribution in [0.25, 0.3) is 0 Å². The Hall–Kier alpha value is -0.900. The molecule has 0 bridgehead atoms. The van der Waals surface area contributed by atoms with Crippen molar-refractivity contribution < 1.29 is 14.7 Å². The lowest BCUT2D eigenvalue weighted by molar-refractivity contribution is -0.149. The SMILES string of the molecule is CC(O)CN1C(=O)CCCC1=O. The van der Waals surface area contributed by atoms with Gasteiger partial charge in [-0.1, -0.05) is 0 Å². The highest BCUT2D eigenvalue weighted by molar-refractivity contribution is 5.97. The van der Waals surface area contributed by atoms with Gasteiger partial charge in [-0.3, -0.25) is 14.5 Å². The molecule has 0 spiro atoms. The average Bonchev–Trinajstić information content (AvgIpc) is 1.97. The molecule has 1 heterocycles. The smallest absolute Gasteiger partial charge is 0.229 e. The van der Waals surface area contributed by atoms with E-state index in [1.165, 1.54) is 0 Å². The van der Waals surface area contributed by atoms with Crippen LogP contribution in [0.15, 0.2) is 0 Å². The van der Waals surface area contributed by atoms with E-state index >= 15 is 0 Å². The lowest BCUT2D eigenvalue weighted by atomic mass is 10.1. The number of imide groups is 1. The number of aliphatic hydroxyl groups is 1. The zero-order valence-corrected chi connectivity index (χ0v) is 7.12. The van der Waals surface area contributed by atoms with Crippen molar-refractivity contribution in [2.75, 3.05) is 6.54 Å². The normalized spacial score (nSPS) is 21.3. The molecule has 0 aromatic carbocycles. The minimum Gasteiger partial charge on any atom is -0.392 e. The van der Waals surface area contributed by atoms with E-state index in [2.05, 4.69) is 0 Å². The van der Waals surface area contributed by atoms with Crippen LogP contribution >= 0.6 is 0 Å². The van der Waals surface area contributed by atoms with E-state index in [-0.39, 0.29) is 18.4 Å². The Morgan fingerprint density at radius 1 is 1.42 bits per heavy atom. The predicted octanol–water partition coefficient (Wildman–Crippen LogP) is -0.0937. The fourth-order valence-electron chi connectivity index (χ4n) is 1.27. The molecule has 4 heteroatoms. The Bertz CT molecular complexity index is 184. The standard InChI is InChI=1S/C8H13NO3/c1-6(10)5-9-7(11)3-2-4-8(9)12/h6,10H,2-5H2,1H3. The molecule has 1 atom stereocenters. The Morgan fingerprint density at radius 2 is 1.92 bits per heavy atom. The molecule has 0 aromatic rings. The molecule has 1 aliphatic rings. The third kappa shape index (κ3) is 2.04. The highest BCUT2D eigenvalue weighted by Crippen LogP contribution is 2.12. The van der Waals surface area contributed by atoms with Crippen molar-refractivity contribution in [3.05, 3.63) is 0 Å². The Labute approximate surface area is 71.2 Å². The van der Waals surface area contributed by atoms with Crippen molar-refractivity contribution in [3.8, 4) is 0 Å². The van der Waals surface area contributed by atoms with Crippen LogP contribution in [-0.4, -0.2) is 34.5 Å². The molecule has 0 aliphatic carbocycles. The van der Waals surface area contributed by atoms with Gasteiger partial charge in [0.1, 0.15) is 0 Å². The Morgan fingerprint density at radius 3 is 2.33 bits per heavy atom. The number of nitrogens with zero attached hydrogens (tertiary/aromatic N) is 1. The van der Waals surface area contributed by atoms with Gasteiger partial charge in [0.2, 0.25) is 11.8 Å². The van der Waals surface area contributed by atoms with Crippen molar-refractivity contribution in [1.82, 2.24) is 4.90 Å². The molecule has 1 rings (SSSR count). The van der Waals surface area contributed by atoms with Crippen LogP contribution in [0.2, 0.25) is 0 Å². The number of hydrogen-bond donors (Lipinski definition) is 1. The quantitative estimate of drug-likeness (QED) is 0.590. The minimum atomic E-state index is -0.629. The molecule has 0 radical (unpaired) electrons. The maximum atomic E-state index is 11.1. The second kappa shape index (κ2) is 3.67. The highest BCUT2D eigenvalue weighted by atomic mass is 16.3. The van der Waals surface area contributed by atoms with E-state index in [4.69, 9.17) is 5.11 Å². The van der Waals surface area contributed by atoms with E-state index in [0.717, 1.165) is 4.90 Å². The van der Waals surface area contributed by atoms with Crippen molar-refractivity contribution >= 4 is 11.8 Å². The third-order valence-corrected chi connectivity index (χ3v) is 1.83. The maximum Gasteiger partial charge on any atom is 0.229 e. The van der Waals surface area contributed by atoms with E-state index in [0.29, 0.717) is 19.3 Å². The van der Waals surface area contributed by atoms with Gasteiger partial charge >= 0.3 is 0 Å². The minimum absolute atomic E-state index is 0.137. The lowest BCUT2D eigenvalue weighted by Crippen LogP contribution is -2.43. The van der Waals surface area contributed by atoms with Crippen molar-refractivity contribution in [3.63, 3.8) is 0 Å². The van der Waals surface area contributed by atoms with Gasteiger partial charge in [-0.15, -0.1) is 0 Å². The van der Waals surface area contributed by atoms with Crippen LogP contribution < -0.4 is 0 Å². The first kappa shape index (κ1) is 9.19. The fourth-order valence-corrected chi connectivity index (χ4v) is 1.27. The van der Waals surface area contributed by atoms with Crippen molar-refractivity contribution in [1.29, 1.82) is 0 Å². The molecular weight excluding hydrogens is 158 g/mol. The van der Waals surface area contributed by atoms with Crippen LogP contribution in [0.1, 0.15) is 26.2 Å². The number of carbonyl (C=O) groups is 2. The monoisotopic (exact) mass is 171 g/mol. The molecule has 0 aromatic heterocycles. The van der Waals surface area contributed by atoms with Crippen LogP contribution in [0.4, 0.5) is 0 Å². The number of rotatable bonds is 2. The molecule has 0 saturated carbocycles. The first-order chi connectivity index (χ1) is 5.61. The maximum absolute atomic E-state index is 11.1. The number of hydrogen-bond acceptors (Lipinski definition) is 3. The summed E-state index contributed by atoms with van der Waals surface area (Å²) in [4.78, 5) is 23.4. The zero-order chi connectivity index (χ0) is 9.14. The van der Waals surface area contributed by atoms with Crippen LogP contribution in [0.5, 0.6) is 0 Å². The summed E-state index contributed by atoms with van der Waals surface area (Å²) in [6.07, 6.45) is 0.876. The van der Waals surface area contributed by atoms with Crippen molar-refractivity contribution in [2.45, 2.75) is 32.3 Å². The summed E-state index contributed by atoms with van der Waals surface area (Å²) in [5.41, 5.74) is 0. The molecule has 4 nitrogen and oxygen atoms in total. The van der Waals surface area contributed by atoms with Gasteiger partial charge < -0.3 is 5.11 Å². The predicted molar refractivity (Wildman–Crippen MR) is 42.3 cm³/mol. The first-order valence-electron chi connectivity index (χ1n) is 4.12. The van der Waals surface area contributed by atoms with Gasteiger partial charge in [0, 0.05) is 12.8 Å². The van der Waals surface area contributed by atoms with Gasteiger partial charge in [0.15, 0.2) is 0 Å². The van der Waals surface area contributed by atoms with Crippen molar-refractivity contribution in [2.24, 2.45) is 0 Å². The molecule has 2 amide bonds. The summed E-state index contributed by atoms with van der Waals surface area (Å²) in [6, 6.07) is 0. The van der Waals surface area contributed by atoms with Gasteiger partial charge in [0.05, 0.1) is 12.6 Å². The molecule has 1 saturated heterocycles. The van der Waals surface area contributed by atoms with E-state index in [1.54, 1.807) is 6.92 Å². The number of aliphatic hydroxyl groups excluding tert-OH is 1. The largest absolute Gasteiger partial charge is 0.392 e. The summed E-state index contributed by atoms with van der Waals surface area (Å²) < 4.78 is 0. The number of amides is 2. The second-order valence-electron chi connectivity index (χ2n) is 3.10. The number of likely N-dealkylation sites (tertiary alicyclic amines) is 1. The number of carbonyl (C=O) groups excluding carboxylic acids is 2. The van der Waals surface area contributed by atoms with Crippen LogP contribution in [-0.2, 0) is 9.59 Å². The molecular formula is C8H13NO3. The molecule has 1 fully saturated rings. The summed E-state index contributed by atoms with van der Waals surface area (Å²) in [6.45, 7) is 1.70. The van der Waals surface area contributed by atoms with Gasteiger partial charge in [-0.2, -0.15) is 0 Å². The summed E-state index contributed by atoms with van der Waals surface area (Å²) >= 11 is 0. The van der Waals surface area contributed by atoms with Gasteiger partial charge in [-0.25, -0.2) is 0 Å². The summed E-state index contributed by atoms with van der Waals surface area (Å²) in [5, 5.41) is 8.99. The van der Waals surface area contributed by atoms with E-state index in [1.807, 2.05) is 0 Å². The lowest BCUT2D eigenvalue weighted by Gasteiger charge is -2.25. The highest BCUT2D eigenvalue weighted by Gasteiger charge is 2.26. The molecule has 12 heavy (non-hydrogen) atoms. The molecule has 1 aliphatic heterocycles. The molecule has 1 unspecified atom stereocenters. The second-order valence-corrected chi connectivity index (χ2v) is 3.10. The summed E-state index contributed by atoms with van der Waals surface area (Å²) in [7, 11) is 0. The Balaban J connectivity index is 2.57. The van der Waals surface area contributed by atoms with Gasteiger partial charge in [-0.05, 0) is 13.3 Å². The molecule has 68 valence electrons. The average molecular weight is 171 g/mol. The first-order valence-corrected chi connectivity index (χ1v) is 4.12. The van der Waals surface area contributed by atoms with Crippen LogP contribution in [0.3, 0.4) is 0 Å². The number of β-amino-alcohol motifs (C(OH)–C–C–N with tert-alkyl or cyclic N) is 1. The number of piperidine rings is 1.